The van der Waals surface area contributed by atoms with E-state index in [4.69, 9.17) is 0 Å². The second-order valence-electron chi connectivity index (χ2n) is 6.10. The molecule has 0 amide bonds. The molecule has 0 saturated heterocycles. The van der Waals surface area contributed by atoms with E-state index < -0.39 is 0 Å². The molecule has 25 heavy (non-hydrogen) atoms. The summed E-state index contributed by atoms with van der Waals surface area (Å²) in [6, 6.07) is 19.7. The molecule has 0 nitrogen and oxygen atoms in total. The molecule has 0 aromatic heterocycles. The number of rotatable bonds is 0. The second kappa shape index (κ2) is 11.7. The molecule has 1 radical (unpaired) electrons. The van der Waals surface area contributed by atoms with E-state index in [0.717, 1.165) is 11.1 Å². The molecule has 3 aromatic rings. The van der Waals surface area contributed by atoms with Gasteiger partial charge in [0.05, 0.1) is 0 Å². The van der Waals surface area contributed by atoms with Crippen LogP contribution in [0.15, 0.2) is 60.7 Å². The number of hydrogen-bond acceptors (Lipinski definition) is 0. The van der Waals surface area contributed by atoms with Crippen molar-refractivity contribution in [1.82, 2.24) is 0 Å². The van der Waals surface area contributed by atoms with Crippen molar-refractivity contribution in [1.29, 1.82) is 0 Å². The quantitative estimate of drug-likeness (QED) is 0.308. The molecule has 0 fully saturated rings. The van der Waals surface area contributed by atoms with Gasteiger partial charge in [0, 0.05) is 0 Å². The Morgan fingerprint density at radius 3 is 1.00 bits per heavy atom. The first-order chi connectivity index (χ1) is 11.3. The molecule has 3 rings (SSSR count). The molecule has 0 heterocycles. The van der Waals surface area contributed by atoms with Crippen LogP contribution in [0.4, 0.5) is 0 Å². The van der Waals surface area contributed by atoms with Gasteiger partial charge in [-0.3, -0.25) is 0 Å². The molecule has 1 heteroatoms. The topological polar surface area (TPSA) is 0 Å². The van der Waals surface area contributed by atoms with Crippen molar-refractivity contribution < 1.29 is 21.7 Å². The van der Waals surface area contributed by atoms with Crippen LogP contribution in [0.5, 0.6) is 0 Å². The van der Waals surface area contributed by atoms with E-state index >= 15 is 0 Å². The molecule has 0 unspecified atom stereocenters. The minimum atomic E-state index is 0. The summed E-state index contributed by atoms with van der Waals surface area (Å²) in [7, 11) is 0. The van der Waals surface area contributed by atoms with Crippen molar-refractivity contribution >= 4 is 0 Å². The van der Waals surface area contributed by atoms with Crippen molar-refractivity contribution in [3.8, 4) is 0 Å². The zero-order chi connectivity index (χ0) is 18.1. The Hall–Kier alpha value is -1.76. The van der Waals surface area contributed by atoms with Gasteiger partial charge in [0.1, 0.15) is 0 Å². The fraction of sp³-hybridized carbons (Fsp3) is 0.208. The van der Waals surface area contributed by atoms with E-state index in [9.17, 15) is 0 Å². The summed E-state index contributed by atoms with van der Waals surface area (Å²) in [5.41, 5.74) is 9.48. The minimum absolute atomic E-state index is 0. The van der Waals surface area contributed by atoms with Crippen LogP contribution < -0.4 is 0 Å². The summed E-state index contributed by atoms with van der Waals surface area (Å²) in [6.07, 6.45) is 0. The third-order valence-electron chi connectivity index (χ3n) is 4.50. The third kappa shape index (κ3) is 7.77. The maximum atomic E-state index is 3.72. The molecule has 0 N–H and O–H groups in total. The third-order valence-corrected chi connectivity index (χ3v) is 4.50. The van der Waals surface area contributed by atoms with Crippen molar-refractivity contribution in [3.63, 3.8) is 0 Å². The Morgan fingerprint density at radius 1 is 0.600 bits per heavy atom. The summed E-state index contributed by atoms with van der Waals surface area (Å²) in [4.78, 5) is 0. The average molecular weight is 365 g/mol. The summed E-state index contributed by atoms with van der Waals surface area (Å²) >= 11 is 0. The Kier molecular flexibility index (Phi) is 10.9. The Labute approximate surface area is 169 Å². The Morgan fingerprint density at radius 2 is 0.880 bits per heavy atom. The second-order valence-corrected chi connectivity index (χ2v) is 6.10. The maximum Gasteiger partial charge on any atom is 3.00 e. The maximum absolute atomic E-state index is 3.72. The van der Waals surface area contributed by atoms with E-state index in [2.05, 4.69) is 48.5 Å². The molecular weight excluding hydrogens is 336 g/mol. The largest absolute Gasteiger partial charge is 3.00 e. The smallest absolute Gasteiger partial charge is 0.199 e. The van der Waals surface area contributed by atoms with Gasteiger partial charge in [-0.2, -0.15) is 77.1 Å². The van der Waals surface area contributed by atoms with Crippen LogP contribution in [0.2, 0.25) is 0 Å². The van der Waals surface area contributed by atoms with E-state index in [0.29, 0.717) is 0 Å². The van der Waals surface area contributed by atoms with Crippen molar-refractivity contribution in [2.24, 2.45) is 0 Å². The van der Waals surface area contributed by atoms with Gasteiger partial charge in [0.15, 0.2) is 0 Å². The van der Waals surface area contributed by atoms with Gasteiger partial charge in [0.25, 0.3) is 0 Å². The van der Waals surface area contributed by atoms with Crippen LogP contribution in [0.1, 0.15) is 38.9 Å². The van der Waals surface area contributed by atoms with Crippen LogP contribution >= 0.6 is 0 Å². The van der Waals surface area contributed by atoms with Crippen LogP contribution in [0, 0.1) is 48.5 Å². The van der Waals surface area contributed by atoms with Crippen molar-refractivity contribution in [3.05, 3.63) is 113 Å². The molecular formula is C24H29Ti. The average Bonchev–Trinajstić information content (AvgIpc) is 2.75. The van der Waals surface area contributed by atoms with E-state index in [1.807, 2.05) is 60.7 Å². The monoisotopic (exact) mass is 365 g/mol. The van der Waals surface area contributed by atoms with Gasteiger partial charge in [-0.05, 0) is 0 Å². The summed E-state index contributed by atoms with van der Waals surface area (Å²) in [5.74, 6) is 0. The summed E-state index contributed by atoms with van der Waals surface area (Å²) < 4.78 is 0. The first-order valence-electron chi connectivity index (χ1n) is 8.28. The van der Waals surface area contributed by atoms with Crippen molar-refractivity contribution in [2.45, 2.75) is 34.6 Å². The zero-order valence-electron chi connectivity index (χ0n) is 16.2. The fourth-order valence-electron chi connectivity index (χ4n) is 2.36. The van der Waals surface area contributed by atoms with Gasteiger partial charge in [-0.1, -0.05) is 46.8 Å². The molecule has 129 valence electrons. The number of hydrogen-bond donors (Lipinski definition) is 0. The van der Waals surface area contributed by atoms with Crippen molar-refractivity contribution in [2.75, 3.05) is 0 Å². The predicted octanol–water partition coefficient (Wildman–Crippen LogP) is 6.68. The zero-order valence-corrected chi connectivity index (χ0v) is 17.7. The summed E-state index contributed by atoms with van der Waals surface area (Å²) in [5, 5.41) is 0. The van der Waals surface area contributed by atoms with E-state index in [1.165, 1.54) is 27.8 Å². The van der Waals surface area contributed by atoms with E-state index in [1.54, 1.807) is 0 Å². The first-order valence-corrected chi connectivity index (χ1v) is 8.28. The SMILES string of the molecule is Cc1c(C)c(C)[c-](C)c1C.[CH2-]c1ccccc1.[CH2-]c1ccccc1.[Ti+3]. The summed E-state index contributed by atoms with van der Waals surface area (Å²) in [6.45, 7) is 18.4. The van der Waals surface area contributed by atoms with Crippen LogP contribution in [-0.2, 0) is 21.7 Å². The molecule has 0 saturated carbocycles. The van der Waals surface area contributed by atoms with Gasteiger partial charge < -0.3 is 0 Å². The molecule has 0 aliphatic carbocycles. The Bertz CT molecular complexity index is 604. The van der Waals surface area contributed by atoms with E-state index in [-0.39, 0.29) is 21.7 Å². The number of benzene rings is 2. The van der Waals surface area contributed by atoms with Gasteiger partial charge in [-0.25, -0.2) is 0 Å². The molecule has 3 aromatic carbocycles. The van der Waals surface area contributed by atoms with Gasteiger partial charge in [-0.15, -0.1) is 24.3 Å². The molecule has 0 aliphatic rings. The molecule has 0 spiro atoms. The Balaban J connectivity index is 0.000000347. The standard InChI is InChI=1S/C10H15.2C7H7.Ti/c1-6-7(2)9(4)10(5)8(6)3;2*1-7-5-3-2-4-6-7;/h1-5H3;2*2-6H,1H2;/q3*-1;+3. The van der Waals surface area contributed by atoms with Crippen LogP contribution in [0.3, 0.4) is 0 Å². The minimum Gasteiger partial charge on any atom is -0.199 e. The van der Waals surface area contributed by atoms with Crippen LogP contribution in [-0.4, -0.2) is 0 Å². The molecule has 0 bridgehead atoms. The van der Waals surface area contributed by atoms with Gasteiger partial charge in [0.2, 0.25) is 0 Å². The molecule has 0 aliphatic heterocycles. The normalized spacial score (nSPS) is 9.00. The first kappa shape index (κ1) is 23.2. The predicted molar refractivity (Wildman–Crippen MR) is 108 cm³/mol. The molecule has 0 atom stereocenters. The van der Waals surface area contributed by atoms with Crippen LogP contribution in [0.25, 0.3) is 0 Å². The fourth-order valence-corrected chi connectivity index (χ4v) is 2.36. The van der Waals surface area contributed by atoms with Gasteiger partial charge >= 0.3 is 21.7 Å².